The number of hydrogen-bond acceptors (Lipinski definition) is 7. The fourth-order valence-corrected chi connectivity index (χ4v) is 3.60. The van der Waals surface area contributed by atoms with E-state index in [9.17, 15) is 0 Å². The number of aliphatic imine (C=N–C) groups is 1. The van der Waals surface area contributed by atoms with Gasteiger partial charge in [-0.1, -0.05) is 25.9 Å². The summed E-state index contributed by atoms with van der Waals surface area (Å²) in [5.41, 5.74) is 1.01. The Bertz CT molecular complexity index is 883. The highest BCUT2D eigenvalue weighted by molar-refractivity contribution is 5.80. The molecule has 1 aromatic carbocycles. The van der Waals surface area contributed by atoms with Crippen LogP contribution in [0.4, 0.5) is 0 Å². The van der Waals surface area contributed by atoms with Crippen LogP contribution in [0.1, 0.15) is 51.4 Å². The maximum atomic E-state index is 5.39. The van der Waals surface area contributed by atoms with Crippen molar-refractivity contribution >= 4 is 5.96 Å². The fraction of sp³-hybridized carbons (Fsp3) is 0.609. The van der Waals surface area contributed by atoms with Crippen molar-refractivity contribution < 1.29 is 14.0 Å². The Kier molecular flexibility index (Phi) is 7.95. The van der Waals surface area contributed by atoms with Gasteiger partial charge in [0.1, 0.15) is 18.0 Å². The average Bonchev–Trinajstić information content (AvgIpc) is 3.41. The smallest absolute Gasteiger partial charge is 0.232 e. The van der Waals surface area contributed by atoms with Crippen molar-refractivity contribution in [2.24, 2.45) is 4.99 Å². The molecular weight excluding hydrogens is 408 g/mol. The number of likely N-dealkylation sites (tertiary alicyclic amines) is 1. The van der Waals surface area contributed by atoms with Crippen LogP contribution in [-0.4, -0.2) is 60.9 Å². The monoisotopic (exact) mass is 444 g/mol. The van der Waals surface area contributed by atoms with E-state index in [4.69, 9.17) is 14.0 Å². The Balaban J connectivity index is 1.57. The third-order valence-corrected chi connectivity index (χ3v) is 5.26. The zero-order valence-electron chi connectivity index (χ0n) is 20.1. The van der Waals surface area contributed by atoms with Crippen molar-refractivity contribution in [1.29, 1.82) is 0 Å². The summed E-state index contributed by atoms with van der Waals surface area (Å²) in [7, 11) is 3.35. The van der Waals surface area contributed by atoms with Crippen molar-refractivity contribution in [2.75, 3.05) is 33.9 Å². The zero-order valence-corrected chi connectivity index (χ0v) is 20.1. The molecule has 0 amide bonds. The van der Waals surface area contributed by atoms with E-state index in [1.54, 1.807) is 14.2 Å². The fourth-order valence-electron chi connectivity index (χ4n) is 3.60. The molecule has 0 spiro atoms. The number of rotatable bonds is 8. The summed E-state index contributed by atoms with van der Waals surface area (Å²) in [5.74, 6) is 3.61. The highest BCUT2D eigenvalue weighted by Crippen LogP contribution is 2.24. The lowest BCUT2D eigenvalue weighted by molar-refractivity contribution is 0.318. The minimum Gasteiger partial charge on any atom is -0.497 e. The minimum absolute atomic E-state index is 0.169. The Morgan fingerprint density at radius 3 is 2.53 bits per heavy atom. The lowest BCUT2D eigenvalue weighted by Gasteiger charge is -2.19. The molecule has 0 aliphatic carbocycles. The van der Waals surface area contributed by atoms with Crippen molar-refractivity contribution in [3.63, 3.8) is 0 Å². The summed E-state index contributed by atoms with van der Waals surface area (Å²) in [5, 5.41) is 10.9. The molecule has 1 unspecified atom stereocenters. The number of nitrogens with one attached hydrogen (secondary N) is 2. The highest BCUT2D eigenvalue weighted by Gasteiger charge is 2.24. The summed E-state index contributed by atoms with van der Waals surface area (Å²) in [4.78, 5) is 11.5. The summed E-state index contributed by atoms with van der Waals surface area (Å²) >= 11 is 0. The molecule has 9 heteroatoms. The maximum absolute atomic E-state index is 5.39. The van der Waals surface area contributed by atoms with Gasteiger partial charge in [0.25, 0.3) is 0 Å². The van der Waals surface area contributed by atoms with Crippen LogP contribution in [0.5, 0.6) is 11.5 Å². The summed E-state index contributed by atoms with van der Waals surface area (Å²) < 4.78 is 16.2. The van der Waals surface area contributed by atoms with E-state index in [-0.39, 0.29) is 5.41 Å². The Morgan fingerprint density at radius 2 is 1.94 bits per heavy atom. The van der Waals surface area contributed by atoms with Crippen LogP contribution in [0.15, 0.2) is 27.7 Å². The summed E-state index contributed by atoms with van der Waals surface area (Å²) in [6, 6.07) is 6.33. The van der Waals surface area contributed by atoms with Crippen LogP contribution in [0.3, 0.4) is 0 Å². The van der Waals surface area contributed by atoms with Gasteiger partial charge in [0, 0.05) is 43.7 Å². The minimum atomic E-state index is -0.169. The van der Waals surface area contributed by atoms with Crippen molar-refractivity contribution in [2.45, 2.75) is 58.7 Å². The van der Waals surface area contributed by atoms with Crippen LogP contribution in [0.25, 0.3) is 0 Å². The van der Waals surface area contributed by atoms with Gasteiger partial charge in [0.05, 0.1) is 14.2 Å². The molecule has 0 saturated carbocycles. The first kappa shape index (κ1) is 23.8. The van der Waals surface area contributed by atoms with E-state index >= 15 is 0 Å². The molecule has 1 aliphatic rings. The molecule has 1 fully saturated rings. The molecule has 1 atom stereocenters. The molecule has 0 radical (unpaired) electrons. The third kappa shape index (κ3) is 6.59. The van der Waals surface area contributed by atoms with E-state index in [2.05, 4.69) is 49.7 Å². The van der Waals surface area contributed by atoms with Gasteiger partial charge in [-0.15, -0.1) is 0 Å². The molecule has 1 aromatic heterocycles. The predicted octanol–water partition coefficient (Wildman–Crippen LogP) is 2.71. The SMILES string of the molecule is CCNC(=NCc1noc(C(C)(C)C)n1)NC1CCN(Cc2cc(OC)cc(OC)c2)C1. The Morgan fingerprint density at radius 1 is 1.22 bits per heavy atom. The number of methoxy groups -OCH3 is 2. The van der Waals surface area contributed by atoms with Crippen LogP contribution < -0.4 is 20.1 Å². The molecule has 1 aliphatic heterocycles. The molecule has 0 bridgehead atoms. The molecule has 9 nitrogen and oxygen atoms in total. The number of hydrogen-bond donors (Lipinski definition) is 2. The van der Waals surface area contributed by atoms with E-state index in [0.29, 0.717) is 24.3 Å². The first-order valence-electron chi connectivity index (χ1n) is 11.1. The van der Waals surface area contributed by atoms with E-state index < -0.39 is 0 Å². The van der Waals surface area contributed by atoms with Crippen molar-refractivity contribution in [3.8, 4) is 11.5 Å². The molecular formula is C23H36N6O3. The molecule has 2 N–H and O–H groups in total. The number of benzene rings is 1. The predicted molar refractivity (Wildman–Crippen MR) is 124 cm³/mol. The van der Waals surface area contributed by atoms with Gasteiger partial charge < -0.3 is 24.6 Å². The lowest BCUT2D eigenvalue weighted by Crippen LogP contribution is -2.44. The van der Waals surface area contributed by atoms with Crippen molar-refractivity contribution in [1.82, 2.24) is 25.7 Å². The topological polar surface area (TPSA) is 97.0 Å². The lowest BCUT2D eigenvalue weighted by atomic mass is 9.97. The standard InChI is InChI=1S/C23H36N6O3/c1-7-24-22(25-13-20-27-21(32-28-20)23(2,3)4)26-17-8-9-29(15-17)14-16-10-18(30-5)12-19(11-16)31-6/h10-12,17H,7-9,13-15H2,1-6H3,(H2,24,25,26). The van der Waals surface area contributed by atoms with Crippen LogP contribution in [0.2, 0.25) is 0 Å². The van der Waals surface area contributed by atoms with Crippen molar-refractivity contribution in [3.05, 3.63) is 35.5 Å². The normalized spacial score (nSPS) is 17.4. The van der Waals surface area contributed by atoms with Crippen LogP contribution in [0, 0.1) is 0 Å². The van der Waals surface area contributed by atoms with E-state index in [1.165, 1.54) is 5.56 Å². The second-order valence-corrected chi connectivity index (χ2v) is 9.05. The number of nitrogens with zero attached hydrogens (tertiary/aromatic N) is 4. The Labute approximate surface area is 190 Å². The van der Waals surface area contributed by atoms with Crippen LogP contribution in [-0.2, 0) is 18.5 Å². The van der Waals surface area contributed by atoms with Gasteiger partial charge >= 0.3 is 0 Å². The number of guanidine groups is 1. The van der Waals surface area contributed by atoms with Gasteiger partial charge in [-0.2, -0.15) is 4.98 Å². The highest BCUT2D eigenvalue weighted by atomic mass is 16.5. The van der Waals surface area contributed by atoms with Gasteiger partial charge in [0.2, 0.25) is 5.89 Å². The molecule has 3 rings (SSSR count). The maximum Gasteiger partial charge on any atom is 0.232 e. The van der Waals surface area contributed by atoms with Gasteiger partial charge in [-0.3, -0.25) is 4.90 Å². The second-order valence-electron chi connectivity index (χ2n) is 9.05. The van der Waals surface area contributed by atoms with Gasteiger partial charge in [0.15, 0.2) is 11.8 Å². The summed E-state index contributed by atoms with van der Waals surface area (Å²) in [6.07, 6.45) is 1.04. The molecule has 176 valence electrons. The second kappa shape index (κ2) is 10.7. The van der Waals surface area contributed by atoms with Crippen LogP contribution >= 0.6 is 0 Å². The number of ether oxygens (including phenoxy) is 2. The van der Waals surface area contributed by atoms with Gasteiger partial charge in [-0.05, 0) is 31.0 Å². The van der Waals surface area contributed by atoms with E-state index in [0.717, 1.165) is 50.1 Å². The molecule has 2 aromatic rings. The first-order valence-corrected chi connectivity index (χ1v) is 11.1. The Hall–Kier alpha value is -2.81. The molecule has 32 heavy (non-hydrogen) atoms. The number of aromatic nitrogens is 2. The quantitative estimate of drug-likeness (QED) is 0.474. The van der Waals surface area contributed by atoms with Gasteiger partial charge in [-0.25, -0.2) is 4.99 Å². The summed E-state index contributed by atoms with van der Waals surface area (Å²) in [6.45, 7) is 12.1. The molecule has 2 heterocycles. The zero-order chi connectivity index (χ0) is 23.1. The molecule has 1 saturated heterocycles. The first-order chi connectivity index (χ1) is 15.3. The van der Waals surface area contributed by atoms with E-state index in [1.807, 2.05) is 26.8 Å². The average molecular weight is 445 g/mol. The largest absolute Gasteiger partial charge is 0.497 e. The third-order valence-electron chi connectivity index (χ3n) is 5.26.